The van der Waals surface area contributed by atoms with E-state index >= 15 is 0 Å². The highest BCUT2D eigenvalue weighted by atomic mass is 32.1. The summed E-state index contributed by atoms with van der Waals surface area (Å²) in [7, 11) is 0. The largest absolute Gasteiger partial charge is 0.351 e. The van der Waals surface area contributed by atoms with Crippen LogP contribution in [0.15, 0.2) is 60.0 Å². The van der Waals surface area contributed by atoms with Gasteiger partial charge in [0.25, 0.3) is 0 Å². The number of thiophene rings is 1. The van der Waals surface area contributed by atoms with Gasteiger partial charge in [0.05, 0.1) is 28.5 Å². The molecule has 0 saturated heterocycles. The maximum atomic E-state index is 12.3. The molecule has 0 aliphatic heterocycles. The van der Waals surface area contributed by atoms with E-state index in [0.717, 1.165) is 26.0 Å². The highest BCUT2D eigenvalue weighted by molar-refractivity contribution is 7.16. The normalized spacial score (nSPS) is 11.0. The first-order chi connectivity index (χ1) is 12.7. The number of hydrogen-bond donors (Lipinski definition) is 1. The van der Waals surface area contributed by atoms with Gasteiger partial charge in [-0.1, -0.05) is 42.5 Å². The summed E-state index contributed by atoms with van der Waals surface area (Å²) in [5.41, 5.74) is 2.05. The van der Waals surface area contributed by atoms with Crippen molar-refractivity contribution in [2.24, 2.45) is 0 Å². The maximum Gasteiger partial charge on any atom is 0.224 e. The lowest BCUT2D eigenvalue weighted by Crippen LogP contribution is -2.24. The molecule has 0 unspecified atom stereocenters. The van der Waals surface area contributed by atoms with E-state index in [1.165, 1.54) is 10.8 Å². The number of aryl methyl sites for hydroxylation is 1. The van der Waals surface area contributed by atoms with Gasteiger partial charge in [-0.05, 0) is 35.4 Å². The fourth-order valence-electron chi connectivity index (χ4n) is 2.87. The summed E-state index contributed by atoms with van der Waals surface area (Å²) in [6.07, 6.45) is 0.397. The Balaban J connectivity index is 1.37. The predicted octanol–water partition coefficient (Wildman–Crippen LogP) is 5.19. The Labute approximate surface area is 160 Å². The van der Waals surface area contributed by atoms with Crippen LogP contribution in [0.2, 0.25) is 0 Å². The molecule has 0 aliphatic carbocycles. The highest BCUT2D eigenvalue weighted by Gasteiger charge is 2.08. The molecule has 26 heavy (non-hydrogen) atoms. The minimum atomic E-state index is 0.0414. The summed E-state index contributed by atoms with van der Waals surface area (Å²) in [5.74, 6) is 0.0414. The Morgan fingerprint density at radius 3 is 2.73 bits per heavy atom. The summed E-state index contributed by atoms with van der Waals surface area (Å²) in [6, 6.07) is 18.5. The maximum absolute atomic E-state index is 12.3. The van der Waals surface area contributed by atoms with Gasteiger partial charge in [-0.2, -0.15) is 0 Å². The molecule has 2 heterocycles. The standard InChI is InChI=1S/C21H18N2OS2/c1-14-23-19(13-25-14)20-9-8-18(26-20)12-22-21(24)11-15-6-7-16-4-2-3-5-17(16)10-15/h2-10,13H,11-12H2,1H3,(H,22,24). The van der Waals surface area contributed by atoms with E-state index in [9.17, 15) is 4.79 Å². The number of hydrogen-bond acceptors (Lipinski definition) is 4. The van der Waals surface area contributed by atoms with Crippen molar-refractivity contribution in [3.8, 4) is 10.6 Å². The molecule has 130 valence electrons. The molecule has 0 radical (unpaired) electrons. The first-order valence-corrected chi connectivity index (χ1v) is 10.1. The number of fused-ring (bicyclic) bond motifs is 1. The van der Waals surface area contributed by atoms with E-state index in [1.807, 2.05) is 25.1 Å². The molecule has 0 spiro atoms. The summed E-state index contributed by atoms with van der Waals surface area (Å²) < 4.78 is 0. The van der Waals surface area contributed by atoms with Crippen molar-refractivity contribution in [2.45, 2.75) is 19.9 Å². The number of nitrogens with zero attached hydrogens (tertiary/aromatic N) is 1. The molecule has 4 aromatic rings. The van der Waals surface area contributed by atoms with Crippen molar-refractivity contribution < 1.29 is 4.79 Å². The third-order valence-electron chi connectivity index (χ3n) is 4.17. The first-order valence-electron chi connectivity index (χ1n) is 8.43. The quantitative estimate of drug-likeness (QED) is 0.519. The second-order valence-corrected chi connectivity index (χ2v) is 8.38. The Hall–Kier alpha value is -2.50. The Bertz CT molecular complexity index is 1060. The number of carbonyl (C=O) groups excluding carboxylic acids is 1. The van der Waals surface area contributed by atoms with Crippen molar-refractivity contribution in [3.63, 3.8) is 0 Å². The minimum absolute atomic E-state index is 0.0414. The van der Waals surface area contributed by atoms with E-state index in [-0.39, 0.29) is 5.91 Å². The summed E-state index contributed by atoms with van der Waals surface area (Å²) in [4.78, 5) is 19.1. The van der Waals surface area contributed by atoms with Crippen molar-refractivity contribution >= 4 is 39.4 Å². The molecule has 2 aromatic carbocycles. The van der Waals surface area contributed by atoms with Crippen LogP contribution in [-0.2, 0) is 17.8 Å². The van der Waals surface area contributed by atoms with Gasteiger partial charge in [-0.15, -0.1) is 22.7 Å². The van der Waals surface area contributed by atoms with Gasteiger partial charge >= 0.3 is 0 Å². The van der Waals surface area contributed by atoms with Gasteiger partial charge in [0.15, 0.2) is 0 Å². The molecule has 0 saturated carbocycles. The lowest BCUT2D eigenvalue weighted by Gasteiger charge is -2.05. The molecular weight excluding hydrogens is 360 g/mol. The van der Waals surface area contributed by atoms with Crippen molar-refractivity contribution in [2.75, 3.05) is 0 Å². The topological polar surface area (TPSA) is 42.0 Å². The summed E-state index contributed by atoms with van der Waals surface area (Å²) in [6.45, 7) is 2.57. The smallest absolute Gasteiger partial charge is 0.224 e. The zero-order valence-corrected chi connectivity index (χ0v) is 16.0. The van der Waals surface area contributed by atoms with Crippen LogP contribution in [0.3, 0.4) is 0 Å². The molecule has 1 amide bonds. The molecule has 5 heteroatoms. The molecular formula is C21H18N2OS2. The van der Waals surface area contributed by atoms with Gasteiger partial charge in [0.1, 0.15) is 0 Å². The van der Waals surface area contributed by atoms with E-state index in [1.54, 1.807) is 22.7 Å². The van der Waals surface area contributed by atoms with Gasteiger partial charge in [0, 0.05) is 10.3 Å². The van der Waals surface area contributed by atoms with Crippen molar-refractivity contribution in [3.05, 3.63) is 75.4 Å². The van der Waals surface area contributed by atoms with E-state index in [0.29, 0.717) is 13.0 Å². The summed E-state index contributed by atoms with van der Waals surface area (Å²) >= 11 is 3.33. The fraction of sp³-hybridized carbons (Fsp3) is 0.143. The van der Waals surface area contributed by atoms with E-state index < -0.39 is 0 Å². The number of aromatic nitrogens is 1. The van der Waals surface area contributed by atoms with Crippen molar-refractivity contribution in [1.82, 2.24) is 10.3 Å². The molecule has 2 aromatic heterocycles. The van der Waals surface area contributed by atoms with Crippen LogP contribution in [0.5, 0.6) is 0 Å². The van der Waals surface area contributed by atoms with Gasteiger partial charge in [-0.3, -0.25) is 4.79 Å². The number of thiazole rings is 1. The molecule has 0 aliphatic rings. The van der Waals surface area contributed by atoms with Gasteiger partial charge < -0.3 is 5.32 Å². The van der Waals surface area contributed by atoms with E-state index in [4.69, 9.17) is 0 Å². The average Bonchev–Trinajstić information content (AvgIpc) is 3.29. The monoisotopic (exact) mass is 378 g/mol. The SMILES string of the molecule is Cc1nc(-c2ccc(CNC(=O)Cc3ccc4ccccc4c3)s2)cs1. The van der Waals surface area contributed by atoms with E-state index in [2.05, 4.69) is 52.1 Å². The number of carbonyl (C=O) groups is 1. The van der Waals surface area contributed by atoms with Crippen LogP contribution in [0.1, 0.15) is 15.4 Å². The molecule has 0 bridgehead atoms. The van der Waals surface area contributed by atoms with Gasteiger partial charge in [0.2, 0.25) is 5.91 Å². The second-order valence-electron chi connectivity index (χ2n) is 6.15. The zero-order valence-electron chi connectivity index (χ0n) is 14.4. The molecule has 3 nitrogen and oxygen atoms in total. The van der Waals surface area contributed by atoms with Crippen LogP contribution in [-0.4, -0.2) is 10.9 Å². The van der Waals surface area contributed by atoms with Crippen LogP contribution >= 0.6 is 22.7 Å². The second kappa shape index (κ2) is 7.40. The Morgan fingerprint density at radius 1 is 1.08 bits per heavy atom. The first kappa shape index (κ1) is 16.9. The fourth-order valence-corrected chi connectivity index (χ4v) is 4.47. The van der Waals surface area contributed by atoms with Gasteiger partial charge in [-0.25, -0.2) is 4.98 Å². The Kier molecular flexibility index (Phi) is 4.82. The van der Waals surface area contributed by atoms with Crippen LogP contribution in [0.4, 0.5) is 0 Å². The molecule has 0 fully saturated rings. The lowest BCUT2D eigenvalue weighted by atomic mass is 10.0. The van der Waals surface area contributed by atoms with Crippen LogP contribution in [0, 0.1) is 6.92 Å². The zero-order chi connectivity index (χ0) is 17.9. The highest BCUT2D eigenvalue weighted by Crippen LogP contribution is 2.28. The van der Waals surface area contributed by atoms with Crippen molar-refractivity contribution in [1.29, 1.82) is 0 Å². The third-order valence-corrected chi connectivity index (χ3v) is 6.05. The molecule has 1 N–H and O–H groups in total. The summed E-state index contributed by atoms with van der Waals surface area (Å²) in [5, 5.41) is 8.52. The van der Waals surface area contributed by atoms with Crippen LogP contribution < -0.4 is 5.32 Å². The number of benzene rings is 2. The predicted molar refractivity (Wildman–Crippen MR) is 110 cm³/mol. The minimum Gasteiger partial charge on any atom is -0.351 e. The third kappa shape index (κ3) is 3.84. The molecule has 0 atom stereocenters. The lowest BCUT2D eigenvalue weighted by molar-refractivity contribution is -0.120. The average molecular weight is 379 g/mol. The Morgan fingerprint density at radius 2 is 1.92 bits per heavy atom. The molecule has 4 rings (SSSR count). The number of rotatable bonds is 5. The number of nitrogens with one attached hydrogen (secondary N) is 1. The van der Waals surface area contributed by atoms with Crippen LogP contribution in [0.25, 0.3) is 21.3 Å². The number of amides is 1.